The molecule has 1 fully saturated rings. The summed E-state index contributed by atoms with van der Waals surface area (Å²) < 4.78 is 2.58. The lowest BCUT2D eigenvalue weighted by Gasteiger charge is -2.16. The summed E-state index contributed by atoms with van der Waals surface area (Å²) >= 11 is 3.39. The number of benzene rings is 1. The summed E-state index contributed by atoms with van der Waals surface area (Å²) in [6, 6.07) is 9.58. The highest BCUT2D eigenvalue weighted by Crippen LogP contribution is 2.35. The summed E-state index contributed by atoms with van der Waals surface area (Å²) in [6.07, 6.45) is 2.08. The first-order chi connectivity index (χ1) is 10.1. The van der Waals surface area contributed by atoms with Crippen LogP contribution in [0.25, 0.3) is 11.3 Å². The average Bonchev–Trinajstić information content (AvgIpc) is 3.03. The summed E-state index contributed by atoms with van der Waals surface area (Å²) in [6.45, 7) is 0. The Bertz CT molecular complexity index is 702. The first kappa shape index (κ1) is 14.1. The fraction of sp³-hybridized carbons (Fsp3) is 0.333. The molecule has 1 aliphatic carbocycles. The SMILES string of the molecule is N#Cc1c(-c2ccc(Br)cc2)nn(C2CCCC2O)c1N. The number of hydrogen-bond acceptors (Lipinski definition) is 4. The molecule has 1 heterocycles. The lowest BCUT2D eigenvalue weighted by atomic mass is 10.1. The van der Waals surface area contributed by atoms with E-state index in [1.807, 2.05) is 24.3 Å². The lowest BCUT2D eigenvalue weighted by Crippen LogP contribution is -2.21. The molecule has 0 aliphatic heterocycles. The summed E-state index contributed by atoms with van der Waals surface area (Å²) in [4.78, 5) is 0. The highest BCUT2D eigenvalue weighted by atomic mass is 79.9. The molecule has 0 radical (unpaired) electrons. The highest BCUT2D eigenvalue weighted by molar-refractivity contribution is 9.10. The number of nitrogens with two attached hydrogens (primary N) is 1. The van der Waals surface area contributed by atoms with Crippen LogP contribution in [0.1, 0.15) is 30.9 Å². The van der Waals surface area contributed by atoms with Crippen molar-refractivity contribution in [2.24, 2.45) is 0 Å². The third-order valence-corrected chi connectivity index (χ3v) is 4.46. The smallest absolute Gasteiger partial charge is 0.140 e. The molecular formula is C15H15BrN4O. The van der Waals surface area contributed by atoms with Gasteiger partial charge in [-0.1, -0.05) is 28.1 Å². The maximum atomic E-state index is 10.0. The molecule has 1 aromatic carbocycles. The molecule has 2 atom stereocenters. The Morgan fingerprint density at radius 2 is 2.05 bits per heavy atom. The minimum absolute atomic E-state index is 0.138. The molecule has 1 saturated carbocycles. The second-order valence-electron chi connectivity index (χ2n) is 5.24. The summed E-state index contributed by atoms with van der Waals surface area (Å²) in [5.74, 6) is 0.335. The van der Waals surface area contributed by atoms with E-state index in [4.69, 9.17) is 5.73 Å². The van der Waals surface area contributed by atoms with Crippen molar-refractivity contribution in [1.82, 2.24) is 9.78 Å². The van der Waals surface area contributed by atoms with Crippen LogP contribution in [0.2, 0.25) is 0 Å². The molecule has 1 aliphatic rings. The van der Waals surface area contributed by atoms with Gasteiger partial charge in [-0.3, -0.25) is 0 Å². The molecule has 0 amide bonds. The predicted molar refractivity (Wildman–Crippen MR) is 83.4 cm³/mol. The van der Waals surface area contributed by atoms with Gasteiger partial charge in [0.05, 0.1) is 12.1 Å². The zero-order chi connectivity index (χ0) is 15.0. The molecule has 108 valence electrons. The Kier molecular flexibility index (Phi) is 3.70. The minimum Gasteiger partial charge on any atom is -0.391 e. The van der Waals surface area contributed by atoms with Crippen LogP contribution in [-0.2, 0) is 0 Å². The number of aliphatic hydroxyl groups excluding tert-OH is 1. The molecule has 0 spiro atoms. The Morgan fingerprint density at radius 1 is 1.33 bits per heavy atom. The number of anilines is 1. The second-order valence-corrected chi connectivity index (χ2v) is 6.15. The fourth-order valence-electron chi connectivity index (χ4n) is 2.83. The van der Waals surface area contributed by atoms with Crippen molar-refractivity contribution < 1.29 is 5.11 Å². The van der Waals surface area contributed by atoms with Crippen molar-refractivity contribution in [2.45, 2.75) is 31.4 Å². The van der Waals surface area contributed by atoms with E-state index in [2.05, 4.69) is 27.1 Å². The van der Waals surface area contributed by atoms with E-state index < -0.39 is 6.10 Å². The zero-order valence-corrected chi connectivity index (χ0v) is 12.9. The number of nitrogens with zero attached hydrogens (tertiary/aromatic N) is 3. The number of hydrogen-bond donors (Lipinski definition) is 2. The van der Waals surface area contributed by atoms with E-state index in [0.717, 1.165) is 29.3 Å². The quantitative estimate of drug-likeness (QED) is 0.874. The van der Waals surface area contributed by atoms with Gasteiger partial charge >= 0.3 is 0 Å². The molecule has 21 heavy (non-hydrogen) atoms. The van der Waals surface area contributed by atoms with Gasteiger partial charge in [-0.25, -0.2) is 4.68 Å². The monoisotopic (exact) mass is 346 g/mol. The van der Waals surface area contributed by atoms with Gasteiger partial charge in [0, 0.05) is 10.0 Å². The Morgan fingerprint density at radius 3 is 2.62 bits per heavy atom. The molecule has 3 N–H and O–H groups in total. The van der Waals surface area contributed by atoms with Crippen LogP contribution in [0.15, 0.2) is 28.7 Å². The van der Waals surface area contributed by atoms with E-state index >= 15 is 0 Å². The third-order valence-electron chi connectivity index (χ3n) is 3.94. The largest absolute Gasteiger partial charge is 0.391 e. The van der Waals surface area contributed by atoms with Gasteiger partial charge in [0.15, 0.2) is 0 Å². The van der Waals surface area contributed by atoms with Crippen LogP contribution in [0.3, 0.4) is 0 Å². The average molecular weight is 347 g/mol. The molecule has 2 unspecified atom stereocenters. The van der Waals surface area contributed by atoms with Crippen molar-refractivity contribution >= 4 is 21.7 Å². The highest BCUT2D eigenvalue weighted by Gasteiger charge is 2.31. The van der Waals surface area contributed by atoms with Gasteiger partial charge in [0.25, 0.3) is 0 Å². The van der Waals surface area contributed by atoms with Gasteiger partial charge < -0.3 is 10.8 Å². The summed E-state index contributed by atoms with van der Waals surface area (Å²) in [5.41, 5.74) is 7.86. The fourth-order valence-corrected chi connectivity index (χ4v) is 3.09. The number of nitrogen functional groups attached to an aromatic ring is 1. The van der Waals surface area contributed by atoms with Crippen molar-refractivity contribution in [1.29, 1.82) is 5.26 Å². The summed E-state index contributed by atoms with van der Waals surface area (Å²) in [7, 11) is 0. The second kappa shape index (κ2) is 5.51. The van der Waals surface area contributed by atoms with Crippen molar-refractivity contribution in [3.63, 3.8) is 0 Å². The Balaban J connectivity index is 2.09. The van der Waals surface area contributed by atoms with Gasteiger partial charge in [-0.2, -0.15) is 10.4 Å². The zero-order valence-electron chi connectivity index (χ0n) is 11.3. The molecule has 6 heteroatoms. The molecule has 0 saturated heterocycles. The van der Waals surface area contributed by atoms with Crippen LogP contribution in [0, 0.1) is 11.3 Å². The van der Waals surface area contributed by atoms with Gasteiger partial charge in [-0.15, -0.1) is 0 Å². The first-order valence-electron chi connectivity index (χ1n) is 6.84. The van der Waals surface area contributed by atoms with Crippen molar-refractivity contribution in [3.8, 4) is 17.3 Å². The first-order valence-corrected chi connectivity index (χ1v) is 7.63. The molecule has 3 rings (SSSR count). The Labute approximate surface area is 131 Å². The standard InChI is InChI=1S/C15H15BrN4O/c16-10-6-4-9(5-7-10)14-11(8-17)15(18)20(19-14)12-2-1-3-13(12)21/h4-7,12-13,21H,1-3,18H2. The van der Waals surface area contributed by atoms with E-state index in [1.54, 1.807) is 4.68 Å². The number of aliphatic hydroxyl groups is 1. The minimum atomic E-state index is -0.448. The van der Waals surface area contributed by atoms with Crippen LogP contribution < -0.4 is 5.73 Å². The molecule has 1 aromatic heterocycles. The van der Waals surface area contributed by atoms with Crippen molar-refractivity contribution in [3.05, 3.63) is 34.3 Å². The number of nitriles is 1. The van der Waals surface area contributed by atoms with Gasteiger partial charge in [0.1, 0.15) is 23.1 Å². The van der Waals surface area contributed by atoms with E-state index in [9.17, 15) is 10.4 Å². The topological polar surface area (TPSA) is 87.9 Å². The number of halogens is 1. The molecule has 2 aromatic rings. The Hall–Kier alpha value is -1.84. The van der Waals surface area contributed by atoms with Crippen LogP contribution in [0.4, 0.5) is 5.82 Å². The van der Waals surface area contributed by atoms with E-state index in [-0.39, 0.29) is 6.04 Å². The summed E-state index contributed by atoms with van der Waals surface area (Å²) in [5, 5.41) is 23.9. The molecule has 5 nitrogen and oxygen atoms in total. The normalized spacial score (nSPS) is 21.4. The van der Waals surface area contributed by atoms with E-state index in [0.29, 0.717) is 17.1 Å². The number of aromatic nitrogens is 2. The van der Waals surface area contributed by atoms with Gasteiger partial charge in [-0.05, 0) is 31.4 Å². The third kappa shape index (κ3) is 2.43. The maximum absolute atomic E-state index is 10.0. The predicted octanol–water partition coefficient (Wildman–Crippen LogP) is 2.85. The van der Waals surface area contributed by atoms with Crippen LogP contribution in [-0.4, -0.2) is 21.0 Å². The molecular weight excluding hydrogens is 332 g/mol. The van der Waals surface area contributed by atoms with Gasteiger partial charge in [0.2, 0.25) is 0 Å². The lowest BCUT2D eigenvalue weighted by molar-refractivity contribution is 0.131. The van der Waals surface area contributed by atoms with Crippen LogP contribution in [0.5, 0.6) is 0 Å². The maximum Gasteiger partial charge on any atom is 0.140 e. The van der Waals surface area contributed by atoms with Crippen LogP contribution >= 0.6 is 15.9 Å². The van der Waals surface area contributed by atoms with E-state index in [1.165, 1.54) is 0 Å². The van der Waals surface area contributed by atoms with Crippen molar-refractivity contribution in [2.75, 3.05) is 5.73 Å². The molecule has 0 bridgehead atoms. The number of rotatable bonds is 2.